The highest BCUT2D eigenvalue weighted by Crippen LogP contribution is 2.42. The molecular formula is C15H17N3O5S2. The number of nitrogens with one attached hydrogen (secondary N) is 1. The van der Waals surface area contributed by atoms with Crippen molar-refractivity contribution in [3.63, 3.8) is 0 Å². The molecule has 134 valence electrons. The Morgan fingerprint density at radius 3 is 3.08 bits per heavy atom. The van der Waals surface area contributed by atoms with E-state index in [-0.39, 0.29) is 11.7 Å². The quantitative estimate of drug-likeness (QED) is 0.790. The summed E-state index contributed by atoms with van der Waals surface area (Å²) in [5, 5.41) is 0.436. The number of hydrogen-bond donors (Lipinski definition) is 1. The van der Waals surface area contributed by atoms with Gasteiger partial charge in [-0.3, -0.25) is 4.79 Å². The second kappa shape index (κ2) is 6.60. The number of rotatable bonds is 3. The maximum atomic E-state index is 12.3. The lowest BCUT2D eigenvalue weighted by Gasteiger charge is -2.22. The summed E-state index contributed by atoms with van der Waals surface area (Å²) in [6.45, 7) is 1.01. The number of sulfonamides is 1. The number of carbonyl (C=O) groups is 1. The van der Waals surface area contributed by atoms with Gasteiger partial charge < -0.3 is 9.64 Å². The molecule has 10 heteroatoms. The van der Waals surface area contributed by atoms with Gasteiger partial charge in [0.05, 0.1) is 11.4 Å². The summed E-state index contributed by atoms with van der Waals surface area (Å²) in [6.07, 6.45) is 2.36. The summed E-state index contributed by atoms with van der Waals surface area (Å²) < 4.78 is 32.5. The van der Waals surface area contributed by atoms with Gasteiger partial charge in [0.15, 0.2) is 11.5 Å². The molecule has 0 radical (unpaired) electrons. The Kier molecular flexibility index (Phi) is 4.44. The van der Waals surface area contributed by atoms with Crippen LogP contribution in [-0.4, -0.2) is 44.7 Å². The van der Waals surface area contributed by atoms with E-state index in [9.17, 15) is 13.2 Å². The maximum Gasteiger partial charge on any atom is 0.274 e. The Morgan fingerprint density at radius 1 is 1.40 bits per heavy atom. The lowest BCUT2D eigenvalue weighted by molar-refractivity contribution is -0.186. The van der Waals surface area contributed by atoms with Crippen LogP contribution in [0.15, 0.2) is 27.5 Å². The number of amidine groups is 1. The summed E-state index contributed by atoms with van der Waals surface area (Å²) >= 11 is 1.25. The van der Waals surface area contributed by atoms with Gasteiger partial charge in [0.25, 0.3) is 15.9 Å². The van der Waals surface area contributed by atoms with Crippen molar-refractivity contribution >= 4 is 38.5 Å². The van der Waals surface area contributed by atoms with Crippen LogP contribution in [0.1, 0.15) is 29.6 Å². The monoisotopic (exact) mass is 383 g/mol. The van der Waals surface area contributed by atoms with Crippen molar-refractivity contribution in [3.05, 3.63) is 23.8 Å². The summed E-state index contributed by atoms with van der Waals surface area (Å²) in [5.41, 5.74) is 3.73. The van der Waals surface area contributed by atoms with Crippen LogP contribution in [0.5, 0.6) is 0 Å². The lowest BCUT2D eigenvalue weighted by atomic mass is 10.2. The number of ether oxygens (including phenoxy) is 1. The Balaban J connectivity index is 1.47. The van der Waals surface area contributed by atoms with Gasteiger partial charge in [-0.05, 0) is 42.8 Å². The Hall–Kier alpha value is -1.62. The highest BCUT2D eigenvalue weighted by molar-refractivity contribution is 8.15. The molecule has 1 saturated heterocycles. The maximum absolute atomic E-state index is 12.3. The predicted octanol–water partition coefficient (Wildman–Crippen LogP) is 1.49. The molecule has 1 fully saturated rings. The van der Waals surface area contributed by atoms with Crippen LogP contribution >= 0.6 is 11.8 Å². The molecule has 0 aliphatic carbocycles. The van der Waals surface area contributed by atoms with Crippen LogP contribution in [0.4, 0.5) is 5.69 Å². The SMILES string of the molecule is O=C(NOC1CCCCO1)c1ccc2c(c1)SC1=NS(=O)(=O)CCN12. The standard InChI is InChI=1S/C15H17N3O5S2/c19-14(16-23-13-3-1-2-7-22-13)10-4-5-11-12(9-10)24-15-17-25(20,21)8-6-18(11)15/h4-5,9,13H,1-3,6-8H2,(H,16,19). The third kappa shape index (κ3) is 3.52. The highest BCUT2D eigenvalue weighted by Gasteiger charge is 2.33. The summed E-state index contributed by atoms with van der Waals surface area (Å²) in [5.74, 6) is -0.370. The van der Waals surface area contributed by atoms with Gasteiger partial charge in [-0.2, -0.15) is 0 Å². The van der Waals surface area contributed by atoms with E-state index in [2.05, 4.69) is 9.88 Å². The molecule has 1 aromatic carbocycles. The normalized spacial score (nSPS) is 24.2. The molecule has 3 aliphatic heterocycles. The first-order valence-electron chi connectivity index (χ1n) is 8.01. The number of thioether (sulfide) groups is 1. The number of hydrogen-bond acceptors (Lipinski definition) is 7. The molecule has 1 N–H and O–H groups in total. The smallest absolute Gasteiger partial charge is 0.274 e. The minimum Gasteiger partial charge on any atom is -0.350 e. The molecule has 1 amide bonds. The molecular weight excluding hydrogens is 366 g/mol. The fourth-order valence-electron chi connectivity index (χ4n) is 2.85. The average Bonchev–Trinajstić information content (AvgIpc) is 2.95. The zero-order valence-corrected chi connectivity index (χ0v) is 14.9. The van der Waals surface area contributed by atoms with Crippen LogP contribution in [0, 0.1) is 0 Å². The zero-order valence-electron chi connectivity index (χ0n) is 13.3. The molecule has 0 saturated carbocycles. The molecule has 0 bridgehead atoms. The second-order valence-corrected chi connectivity index (χ2v) is 8.71. The van der Waals surface area contributed by atoms with Crippen molar-refractivity contribution in [2.45, 2.75) is 30.4 Å². The fourth-order valence-corrected chi connectivity index (χ4v) is 5.15. The summed E-state index contributed by atoms with van der Waals surface area (Å²) in [7, 11) is -3.39. The first kappa shape index (κ1) is 16.8. The van der Waals surface area contributed by atoms with E-state index in [1.165, 1.54) is 11.8 Å². The molecule has 8 nitrogen and oxygen atoms in total. The van der Waals surface area contributed by atoms with Gasteiger partial charge in [-0.1, -0.05) is 0 Å². The first-order valence-corrected chi connectivity index (χ1v) is 10.4. The average molecular weight is 383 g/mol. The van der Waals surface area contributed by atoms with Crippen molar-refractivity contribution in [1.82, 2.24) is 5.48 Å². The molecule has 1 atom stereocenters. The Bertz CT molecular complexity index is 834. The van der Waals surface area contributed by atoms with E-state index in [4.69, 9.17) is 9.57 Å². The van der Waals surface area contributed by atoms with E-state index in [1.807, 2.05) is 4.90 Å². The highest BCUT2D eigenvalue weighted by atomic mass is 32.2. The molecule has 3 aliphatic rings. The number of anilines is 1. The van der Waals surface area contributed by atoms with E-state index in [0.29, 0.717) is 23.9 Å². The predicted molar refractivity (Wildman–Crippen MR) is 93.0 cm³/mol. The van der Waals surface area contributed by atoms with Crippen molar-refractivity contribution < 1.29 is 22.8 Å². The Morgan fingerprint density at radius 2 is 2.28 bits per heavy atom. The largest absolute Gasteiger partial charge is 0.350 e. The molecule has 1 aromatic rings. The molecule has 0 spiro atoms. The lowest BCUT2D eigenvalue weighted by Crippen LogP contribution is -2.35. The molecule has 4 rings (SSSR count). The topological polar surface area (TPSA) is 97.3 Å². The number of hydroxylamine groups is 1. The molecule has 1 unspecified atom stereocenters. The fraction of sp³-hybridized carbons (Fsp3) is 0.467. The number of fused-ring (bicyclic) bond motifs is 3. The van der Waals surface area contributed by atoms with Crippen LogP contribution in [-0.2, 0) is 19.6 Å². The summed E-state index contributed by atoms with van der Waals surface area (Å²) in [6, 6.07) is 5.20. The van der Waals surface area contributed by atoms with E-state index < -0.39 is 16.3 Å². The van der Waals surface area contributed by atoms with Crippen LogP contribution < -0.4 is 10.4 Å². The number of benzene rings is 1. The van der Waals surface area contributed by atoms with Gasteiger partial charge >= 0.3 is 0 Å². The summed E-state index contributed by atoms with van der Waals surface area (Å²) in [4.78, 5) is 20.2. The van der Waals surface area contributed by atoms with E-state index in [1.54, 1.807) is 18.2 Å². The van der Waals surface area contributed by atoms with Crippen molar-refractivity contribution in [3.8, 4) is 0 Å². The number of amides is 1. The van der Waals surface area contributed by atoms with E-state index in [0.717, 1.165) is 29.8 Å². The van der Waals surface area contributed by atoms with Gasteiger partial charge in [-0.25, -0.2) is 18.7 Å². The minimum atomic E-state index is -3.39. The van der Waals surface area contributed by atoms with Crippen LogP contribution in [0.3, 0.4) is 0 Å². The third-order valence-corrected chi connectivity index (χ3v) is 6.46. The van der Waals surface area contributed by atoms with Gasteiger partial charge in [0.2, 0.25) is 0 Å². The zero-order chi connectivity index (χ0) is 17.4. The Labute approximate surface area is 149 Å². The van der Waals surface area contributed by atoms with E-state index >= 15 is 0 Å². The van der Waals surface area contributed by atoms with Crippen molar-refractivity contribution in [1.29, 1.82) is 0 Å². The third-order valence-electron chi connectivity index (χ3n) is 4.16. The number of carbonyl (C=O) groups excluding carboxylic acids is 1. The minimum absolute atomic E-state index is 0.00599. The molecule has 3 heterocycles. The van der Waals surface area contributed by atoms with Crippen LogP contribution in [0.25, 0.3) is 0 Å². The van der Waals surface area contributed by atoms with Gasteiger partial charge in [-0.15, -0.1) is 4.40 Å². The molecule has 0 aromatic heterocycles. The van der Waals surface area contributed by atoms with Crippen molar-refractivity contribution in [2.24, 2.45) is 4.40 Å². The second-order valence-electron chi connectivity index (χ2n) is 5.94. The first-order chi connectivity index (χ1) is 12.0. The molecule has 25 heavy (non-hydrogen) atoms. The van der Waals surface area contributed by atoms with Crippen LogP contribution in [0.2, 0.25) is 0 Å². The number of nitrogens with zero attached hydrogens (tertiary/aromatic N) is 2. The van der Waals surface area contributed by atoms with Gasteiger partial charge in [0.1, 0.15) is 0 Å². The van der Waals surface area contributed by atoms with Crippen molar-refractivity contribution in [2.75, 3.05) is 23.8 Å². The van der Waals surface area contributed by atoms with Gasteiger partial charge in [0, 0.05) is 30.0 Å².